The van der Waals surface area contributed by atoms with Gasteiger partial charge in [0.1, 0.15) is 17.2 Å². The Morgan fingerprint density at radius 2 is 1.89 bits per heavy atom. The van der Waals surface area contributed by atoms with Crippen LogP contribution >= 0.6 is 11.6 Å². The van der Waals surface area contributed by atoms with E-state index in [1.54, 1.807) is 12.1 Å². The molecule has 0 radical (unpaired) electrons. The average Bonchev–Trinajstić information content (AvgIpc) is 2.35. The van der Waals surface area contributed by atoms with E-state index in [0.717, 1.165) is 5.56 Å². The van der Waals surface area contributed by atoms with Crippen LogP contribution in [-0.2, 0) is 0 Å². The molecule has 19 heavy (non-hydrogen) atoms. The number of ether oxygens (including phenoxy) is 1. The van der Waals surface area contributed by atoms with Gasteiger partial charge in [0.05, 0.1) is 9.95 Å². The Labute approximate surface area is 114 Å². The molecule has 0 aliphatic rings. The van der Waals surface area contributed by atoms with E-state index in [2.05, 4.69) is 0 Å². The van der Waals surface area contributed by atoms with E-state index >= 15 is 0 Å². The predicted octanol–water partition coefficient (Wildman–Crippen LogP) is 3.93. The summed E-state index contributed by atoms with van der Waals surface area (Å²) in [5.41, 5.74) is 6.46. The highest BCUT2D eigenvalue weighted by Gasteiger charge is 2.16. The molecule has 0 amide bonds. The van der Waals surface area contributed by atoms with Gasteiger partial charge < -0.3 is 10.5 Å². The normalized spacial score (nSPS) is 10.2. The van der Waals surface area contributed by atoms with E-state index in [4.69, 9.17) is 22.1 Å². The van der Waals surface area contributed by atoms with Gasteiger partial charge in [-0.3, -0.25) is 10.1 Å². The molecular weight excluding hydrogens is 268 g/mol. The maximum Gasteiger partial charge on any atom is 0.293 e. The van der Waals surface area contributed by atoms with Crippen LogP contribution in [0.15, 0.2) is 36.4 Å². The van der Waals surface area contributed by atoms with Crippen LogP contribution < -0.4 is 10.5 Å². The van der Waals surface area contributed by atoms with Crippen molar-refractivity contribution in [1.82, 2.24) is 0 Å². The van der Waals surface area contributed by atoms with E-state index in [0.29, 0.717) is 5.75 Å². The lowest BCUT2D eigenvalue weighted by molar-refractivity contribution is -0.383. The lowest BCUT2D eigenvalue weighted by Gasteiger charge is -2.09. The van der Waals surface area contributed by atoms with Gasteiger partial charge in [-0.2, -0.15) is 0 Å². The van der Waals surface area contributed by atoms with Crippen molar-refractivity contribution in [1.29, 1.82) is 0 Å². The van der Waals surface area contributed by atoms with Gasteiger partial charge in [0, 0.05) is 12.1 Å². The minimum absolute atomic E-state index is 0.0107. The summed E-state index contributed by atoms with van der Waals surface area (Å²) in [6.45, 7) is 1.96. The Bertz CT molecular complexity index is 627. The second-order valence-electron chi connectivity index (χ2n) is 4.01. The molecule has 0 fully saturated rings. The molecule has 5 nitrogen and oxygen atoms in total. The molecule has 0 saturated heterocycles. The van der Waals surface area contributed by atoms with Crippen LogP contribution in [0.4, 0.5) is 11.4 Å². The van der Waals surface area contributed by atoms with Crippen molar-refractivity contribution in [3.63, 3.8) is 0 Å². The van der Waals surface area contributed by atoms with Gasteiger partial charge in [-0.25, -0.2) is 0 Å². The third kappa shape index (κ3) is 2.95. The summed E-state index contributed by atoms with van der Waals surface area (Å²) in [5, 5.41) is 10.8. The Morgan fingerprint density at radius 1 is 1.26 bits per heavy atom. The van der Waals surface area contributed by atoms with Crippen LogP contribution in [0.5, 0.6) is 11.5 Å². The fraction of sp³-hybridized carbons (Fsp3) is 0.0769. The third-order valence-corrected chi connectivity index (χ3v) is 2.82. The topological polar surface area (TPSA) is 78.4 Å². The van der Waals surface area contributed by atoms with Crippen molar-refractivity contribution in [2.75, 3.05) is 5.73 Å². The van der Waals surface area contributed by atoms with Crippen LogP contribution in [-0.4, -0.2) is 4.92 Å². The molecule has 0 heterocycles. The first-order chi connectivity index (χ1) is 8.97. The monoisotopic (exact) mass is 278 g/mol. The number of nitro groups is 1. The quantitative estimate of drug-likeness (QED) is 0.524. The summed E-state index contributed by atoms with van der Waals surface area (Å²) in [5.74, 6) is 0.870. The van der Waals surface area contributed by atoms with Crippen LogP contribution in [0.25, 0.3) is 0 Å². The first kappa shape index (κ1) is 13.2. The molecule has 2 aromatic carbocycles. The summed E-state index contributed by atoms with van der Waals surface area (Å²) in [6.07, 6.45) is 0. The van der Waals surface area contributed by atoms with Gasteiger partial charge in [-0.1, -0.05) is 29.3 Å². The van der Waals surface area contributed by atoms with Crippen LogP contribution in [0, 0.1) is 17.0 Å². The lowest BCUT2D eigenvalue weighted by atomic mass is 10.2. The summed E-state index contributed by atoms with van der Waals surface area (Å²) < 4.78 is 5.55. The zero-order valence-corrected chi connectivity index (χ0v) is 10.8. The molecule has 6 heteroatoms. The maximum absolute atomic E-state index is 10.7. The van der Waals surface area contributed by atoms with E-state index in [9.17, 15) is 10.1 Å². The van der Waals surface area contributed by atoms with E-state index < -0.39 is 4.92 Å². The number of benzene rings is 2. The molecule has 0 atom stereocenters. The van der Waals surface area contributed by atoms with E-state index in [1.807, 2.05) is 19.1 Å². The smallest absolute Gasteiger partial charge is 0.293 e. The van der Waals surface area contributed by atoms with Gasteiger partial charge >= 0.3 is 0 Å². The number of aryl methyl sites for hydroxylation is 1. The maximum atomic E-state index is 10.7. The molecule has 0 spiro atoms. The minimum atomic E-state index is -0.586. The molecule has 98 valence electrons. The second-order valence-corrected chi connectivity index (χ2v) is 4.42. The van der Waals surface area contributed by atoms with Gasteiger partial charge in [0.15, 0.2) is 0 Å². The second kappa shape index (κ2) is 5.16. The first-order valence-electron chi connectivity index (χ1n) is 5.45. The number of halogens is 1. The van der Waals surface area contributed by atoms with Gasteiger partial charge in [0.25, 0.3) is 5.69 Å². The Hall–Kier alpha value is -2.27. The molecule has 0 aliphatic heterocycles. The van der Waals surface area contributed by atoms with Crippen LogP contribution in [0.2, 0.25) is 5.02 Å². The SMILES string of the molecule is Cc1ccc(Oc2cc(N)c([N+](=O)[O-])cc2Cl)cc1. The highest BCUT2D eigenvalue weighted by atomic mass is 35.5. The van der Waals surface area contributed by atoms with E-state index in [1.165, 1.54) is 12.1 Å². The third-order valence-electron chi connectivity index (χ3n) is 2.53. The molecule has 2 rings (SSSR count). The largest absolute Gasteiger partial charge is 0.456 e. The molecule has 0 unspecified atom stereocenters. The van der Waals surface area contributed by atoms with Gasteiger partial charge in [-0.05, 0) is 19.1 Å². The molecule has 0 aliphatic carbocycles. The summed E-state index contributed by atoms with van der Waals surface area (Å²) in [6, 6.07) is 9.86. The highest BCUT2D eigenvalue weighted by molar-refractivity contribution is 6.32. The highest BCUT2D eigenvalue weighted by Crippen LogP contribution is 2.36. The predicted molar refractivity (Wildman–Crippen MR) is 73.8 cm³/mol. The Balaban J connectivity index is 2.33. The standard InChI is InChI=1S/C13H11ClN2O3/c1-8-2-4-9(5-3-8)19-13-7-11(15)12(16(17)18)6-10(13)14/h2-7H,15H2,1H3. The van der Waals surface area contributed by atoms with Gasteiger partial charge in [0.2, 0.25) is 0 Å². The number of hydrogen-bond donors (Lipinski definition) is 1. The number of anilines is 1. The van der Waals surface area contributed by atoms with E-state index in [-0.39, 0.29) is 22.1 Å². The minimum Gasteiger partial charge on any atom is -0.456 e. The molecular formula is C13H11ClN2O3. The van der Waals surface area contributed by atoms with Crippen molar-refractivity contribution in [2.45, 2.75) is 6.92 Å². The fourth-order valence-electron chi connectivity index (χ4n) is 1.53. The first-order valence-corrected chi connectivity index (χ1v) is 5.83. The summed E-state index contributed by atoms with van der Waals surface area (Å²) >= 11 is 5.94. The lowest BCUT2D eigenvalue weighted by Crippen LogP contribution is -1.97. The molecule has 0 bridgehead atoms. The van der Waals surface area contributed by atoms with Crippen molar-refractivity contribution in [3.8, 4) is 11.5 Å². The van der Waals surface area contributed by atoms with Crippen LogP contribution in [0.3, 0.4) is 0 Å². The number of rotatable bonds is 3. The molecule has 0 aromatic heterocycles. The zero-order chi connectivity index (χ0) is 14.0. The van der Waals surface area contributed by atoms with Crippen molar-refractivity contribution < 1.29 is 9.66 Å². The number of nitrogens with zero attached hydrogens (tertiary/aromatic N) is 1. The molecule has 2 N–H and O–H groups in total. The Morgan fingerprint density at radius 3 is 2.47 bits per heavy atom. The van der Waals surface area contributed by atoms with Gasteiger partial charge in [-0.15, -0.1) is 0 Å². The summed E-state index contributed by atoms with van der Waals surface area (Å²) in [4.78, 5) is 10.1. The average molecular weight is 279 g/mol. The number of nitrogen functional groups attached to an aromatic ring is 1. The fourth-order valence-corrected chi connectivity index (χ4v) is 1.72. The number of hydrogen-bond acceptors (Lipinski definition) is 4. The molecule has 0 saturated carbocycles. The number of nitro benzene ring substituents is 1. The van der Waals surface area contributed by atoms with Crippen molar-refractivity contribution in [3.05, 3.63) is 57.1 Å². The zero-order valence-electron chi connectivity index (χ0n) is 10.1. The van der Waals surface area contributed by atoms with Crippen molar-refractivity contribution in [2.24, 2.45) is 0 Å². The van der Waals surface area contributed by atoms with Crippen LogP contribution in [0.1, 0.15) is 5.56 Å². The Kier molecular flexibility index (Phi) is 3.57. The summed E-state index contributed by atoms with van der Waals surface area (Å²) in [7, 11) is 0. The number of nitrogens with two attached hydrogens (primary N) is 1. The van der Waals surface area contributed by atoms with Crippen molar-refractivity contribution >= 4 is 23.0 Å². The molecule has 2 aromatic rings.